The minimum absolute atomic E-state index is 0.209. The summed E-state index contributed by atoms with van der Waals surface area (Å²) in [5.41, 5.74) is 2.65. The van der Waals surface area contributed by atoms with E-state index in [0.29, 0.717) is 6.54 Å². The van der Waals surface area contributed by atoms with Gasteiger partial charge in [0.1, 0.15) is 37.7 Å². The monoisotopic (exact) mass is 400 g/mol. The second kappa shape index (κ2) is 9.63. The van der Waals surface area contributed by atoms with Crippen LogP contribution in [0.25, 0.3) is 10.2 Å². The number of fused-ring (bicyclic) bond motifs is 1. The van der Waals surface area contributed by atoms with E-state index in [2.05, 4.69) is 35.7 Å². The second-order valence-electron chi connectivity index (χ2n) is 8.14. The zero-order valence-electron chi connectivity index (χ0n) is 16.6. The number of carbonyl (C=O) groups excluding carboxylic acids is 1. The molecule has 0 unspecified atom stereocenters. The SMILES string of the molecule is O=C(C[NH+]1CC[NH+](Cc2nc3ccccc3s2)CC1)NCCC1=CCCCC1. The van der Waals surface area contributed by atoms with Gasteiger partial charge in [-0.15, -0.1) is 11.3 Å². The van der Waals surface area contributed by atoms with Gasteiger partial charge in [0.2, 0.25) is 0 Å². The highest BCUT2D eigenvalue weighted by Gasteiger charge is 2.25. The lowest BCUT2D eigenvalue weighted by molar-refractivity contribution is -1.02. The standard InChI is InChI=1S/C22H30N4OS/c27-21(23-11-10-18-6-2-1-3-7-18)16-25-12-14-26(15-13-25)17-22-24-19-8-4-5-9-20(19)28-22/h4-6,8-9H,1-3,7,10-17H2,(H,23,27)/p+2. The first kappa shape index (κ1) is 19.6. The van der Waals surface area contributed by atoms with Crippen LogP contribution in [0.5, 0.6) is 0 Å². The average Bonchev–Trinajstić information content (AvgIpc) is 3.12. The molecule has 0 spiro atoms. The molecule has 4 rings (SSSR count). The Labute approximate surface area is 171 Å². The maximum Gasteiger partial charge on any atom is 0.275 e. The van der Waals surface area contributed by atoms with E-state index >= 15 is 0 Å². The lowest BCUT2D eigenvalue weighted by Gasteiger charge is -2.28. The Kier molecular flexibility index (Phi) is 6.73. The van der Waals surface area contributed by atoms with Crippen molar-refractivity contribution in [3.63, 3.8) is 0 Å². The molecule has 1 aromatic carbocycles. The minimum Gasteiger partial charge on any atom is -0.351 e. The highest BCUT2D eigenvalue weighted by atomic mass is 32.1. The molecule has 1 aliphatic heterocycles. The van der Waals surface area contributed by atoms with Crippen molar-refractivity contribution in [3.8, 4) is 0 Å². The van der Waals surface area contributed by atoms with Crippen molar-refractivity contribution in [2.24, 2.45) is 0 Å². The lowest BCUT2D eigenvalue weighted by atomic mass is 9.97. The molecule has 1 aromatic heterocycles. The molecule has 0 atom stereocenters. The Hall–Kier alpha value is -1.76. The number of para-hydroxylation sites is 1. The van der Waals surface area contributed by atoms with E-state index in [1.165, 1.54) is 45.9 Å². The maximum absolute atomic E-state index is 12.3. The van der Waals surface area contributed by atoms with Crippen molar-refractivity contribution >= 4 is 27.5 Å². The van der Waals surface area contributed by atoms with Gasteiger partial charge in [0.25, 0.3) is 5.91 Å². The highest BCUT2D eigenvalue weighted by Crippen LogP contribution is 2.21. The van der Waals surface area contributed by atoms with E-state index in [1.807, 2.05) is 11.3 Å². The van der Waals surface area contributed by atoms with Gasteiger partial charge in [-0.1, -0.05) is 23.8 Å². The van der Waals surface area contributed by atoms with E-state index in [4.69, 9.17) is 4.98 Å². The summed E-state index contributed by atoms with van der Waals surface area (Å²) in [6.07, 6.45) is 8.48. The van der Waals surface area contributed by atoms with Crippen LogP contribution in [0.2, 0.25) is 0 Å². The summed E-state index contributed by atoms with van der Waals surface area (Å²) in [6.45, 7) is 6.79. The zero-order valence-corrected chi connectivity index (χ0v) is 17.5. The van der Waals surface area contributed by atoms with E-state index in [1.54, 1.807) is 4.90 Å². The first-order valence-electron chi connectivity index (χ1n) is 10.7. The number of quaternary nitrogens is 2. The van der Waals surface area contributed by atoms with Crippen LogP contribution in [-0.4, -0.2) is 50.2 Å². The predicted octanol–water partition coefficient (Wildman–Crippen LogP) is 0.586. The highest BCUT2D eigenvalue weighted by molar-refractivity contribution is 7.18. The Bertz CT molecular complexity index is 790. The molecule has 1 saturated heterocycles. The molecule has 6 heteroatoms. The molecule has 5 nitrogen and oxygen atoms in total. The summed E-state index contributed by atoms with van der Waals surface area (Å²) in [6, 6.07) is 8.38. The van der Waals surface area contributed by atoms with Gasteiger partial charge in [0.15, 0.2) is 6.54 Å². The van der Waals surface area contributed by atoms with Crippen molar-refractivity contribution < 1.29 is 14.6 Å². The quantitative estimate of drug-likeness (QED) is 0.596. The number of nitrogens with zero attached hydrogens (tertiary/aromatic N) is 1. The van der Waals surface area contributed by atoms with Crippen molar-refractivity contribution in [3.05, 3.63) is 40.9 Å². The summed E-state index contributed by atoms with van der Waals surface area (Å²) >= 11 is 1.82. The zero-order chi connectivity index (χ0) is 19.2. The van der Waals surface area contributed by atoms with Crippen LogP contribution in [0.4, 0.5) is 0 Å². The van der Waals surface area contributed by atoms with E-state index in [9.17, 15) is 4.79 Å². The summed E-state index contributed by atoms with van der Waals surface area (Å²) < 4.78 is 1.28. The normalized spacial score (nSPS) is 22.8. The van der Waals surface area contributed by atoms with Crippen LogP contribution in [0.15, 0.2) is 35.9 Å². The molecule has 3 N–H and O–H groups in total. The third-order valence-electron chi connectivity index (χ3n) is 5.97. The molecule has 28 heavy (non-hydrogen) atoms. The van der Waals surface area contributed by atoms with Crippen LogP contribution < -0.4 is 15.1 Å². The van der Waals surface area contributed by atoms with Gasteiger partial charge < -0.3 is 15.1 Å². The van der Waals surface area contributed by atoms with Crippen LogP contribution in [0, 0.1) is 0 Å². The fourth-order valence-corrected chi connectivity index (χ4v) is 5.34. The molecule has 1 fully saturated rings. The third kappa shape index (κ3) is 5.40. The number of hydrogen-bond acceptors (Lipinski definition) is 3. The molecule has 1 aliphatic carbocycles. The average molecular weight is 401 g/mol. The minimum atomic E-state index is 0.209. The number of benzene rings is 1. The number of allylic oxidation sites excluding steroid dienone is 1. The predicted molar refractivity (Wildman–Crippen MR) is 114 cm³/mol. The topological polar surface area (TPSA) is 50.9 Å². The fourth-order valence-electron chi connectivity index (χ4n) is 4.30. The molecular formula is C22H32N4OS+2. The van der Waals surface area contributed by atoms with Gasteiger partial charge in [0, 0.05) is 6.54 Å². The first-order chi connectivity index (χ1) is 13.8. The van der Waals surface area contributed by atoms with E-state index in [0.717, 1.165) is 51.2 Å². The van der Waals surface area contributed by atoms with Gasteiger partial charge >= 0.3 is 0 Å². The Balaban J connectivity index is 1.15. The lowest BCUT2D eigenvalue weighted by Crippen LogP contribution is -3.28. The summed E-state index contributed by atoms with van der Waals surface area (Å²) in [7, 11) is 0. The van der Waals surface area contributed by atoms with Crippen LogP contribution in [0.1, 0.15) is 37.1 Å². The number of nitrogens with one attached hydrogen (secondary N) is 3. The molecule has 2 heterocycles. The van der Waals surface area contributed by atoms with Gasteiger partial charge in [-0.3, -0.25) is 4.79 Å². The van der Waals surface area contributed by atoms with Crippen LogP contribution in [-0.2, 0) is 11.3 Å². The number of carbonyl (C=O) groups is 1. The second-order valence-corrected chi connectivity index (χ2v) is 9.25. The molecule has 0 saturated carbocycles. The summed E-state index contributed by atoms with van der Waals surface area (Å²) in [4.78, 5) is 20.0. The number of aromatic nitrogens is 1. The first-order valence-corrected chi connectivity index (χ1v) is 11.5. The third-order valence-corrected chi connectivity index (χ3v) is 7.00. The molecular weight excluding hydrogens is 368 g/mol. The Morgan fingerprint density at radius 1 is 1.11 bits per heavy atom. The summed E-state index contributed by atoms with van der Waals surface area (Å²) in [5, 5.41) is 4.36. The molecule has 2 aromatic rings. The van der Waals surface area contributed by atoms with Gasteiger partial charge in [0.05, 0.1) is 10.2 Å². The van der Waals surface area contributed by atoms with E-state index in [-0.39, 0.29) is 5.91 Å². The Morgan fingerprint density at radius 2 is 1.93 bits per heavy atom. The molecule has 0 bridgehead atoms. The molecule has 0 radical (unpaired) electrons. The van der Waals surface area contributed by atoms with Crippen molar-refractivity contribution in [1.82, 2.24) is 10.3 Å². The number of amides is 1. The van der Waals surface area contributed by atoms with Crippen molar-refractivity contribution in [1.29, 1.82) is 0 Å². The largest absolute Gasteiger partial charge is 0.351 e. The van der Waals surface area contributed by atoms with Crippen molar-refractivity contribution in [2.75, 3.05) is 39.3 Å². The maximum atomic E-state index is 12.3. The van der Waals surface area contributed by atoms with Crippen LogP contribution in [0.3, 0.4) is 0 Å². The fraction of sp³-hybridized carbons (Fsp3) is 0.545. The van der Waals surface area contributed by atoms with Gasteiger partial charge in [-0.2, -0.15) is 0 Å². The number of thiazole rings is 1. The molecule has 150 valence electrons. The molecule has 2 aliphatic rings. The van der Waals surface area contributed by atoms with Crippen LogP contribution >= 0.6 is 11.3 Å². The number of hydrogen-bond donors (Lipinski definition) is 3. The number of piperazine rings is 1. The number of rotatable bonds is 7. The Morgan fingerprint density at radius 3 is 2.71 bits per heavy atom. The van der Waals surface area contributed by atoms with Gasteiger partial charge in [-0.05, 0) is 44.2 Å². The molecule has 1 amide bonds. The smallest absolute Gasteiger partial charge is 0.275 e. The summed E-state index contributed by atoms with van der Waals surface area (Å²) in [5.74, 6) is 0.209. The van der Waals surface area contributed by atoms with E-state index < -0.39 is 0 Å². The van der Waals surface area contributed by atoms with Gasteiger partial charge in [-0.25, -0.2) is 4.98 Å². The van der Waals surface area contributed by atoms with Crippen molar-refractivity contribution in [2.45, 2.75) is 38.6 Å².